The highest BCUT2D eigenvalue weighted by Crippen LogP contribution is 2.44. The average molecular weight is 436 g/mol. The molecule has 0 radical (unpaired) electrons. The van der Waals surface area contributed by atoms with Gasteiger partial charge in [-0.05, 0) is 17.7 Å². The van der Waals surface area contributed by atoms with Crippen LogP contribution in [0.1, 0.15) is 22.0 Å². The summed E-state index contributed by atoms with van der Waals surface area (Å²) >= 11 is 0. The van der Waals surface area contributed by atoms with E-state index in [2.05, 4.69) is 0 Å². The van der Waals surface area contributed by atoms with Crippen LogP contribution in [0.5, 0.6) is 28.7 Å². The molecule has 31 heavy (non-hydrogen) atoms. The Labute approximate surface area is 174 Å². The monoisotopic (exact) mass is 436 g/mol. The Morgan fingerprint density at radius 3 is 2.35 bits per heavy atom. The van der Waals surface area contributed by atoms with E-state index >= 15 is 0 Å². The van der Waals surface area contributed by atoms with Crippen LogP contribution in [0.3, 0.4) is 0 Å². The summed E-state index contributed by atoms with van der Waals surface area (Å²) in [6.07, 6.45) is -8.95. The van der Waals surface area contributed by atoms with E-state index < -0.39 is 59.8 Å². The second kappa shape index (κ2) is 7.87. The summed E-state index contributed by atoms with van der Waals surface area (Å²) in [5, 5.41) is 69.0. The number of benzene rings is 2. The molecule has 6 atom stereocenters. The number of carbonyl (C=O) groups excluding carboxylic acids is 1. The summed E-state index contributed by atoms with van der Waals surface area (Å²) in [7, 11) is 0. The molecule has 11 heteroatoms. The molecule has 1 saturated heterocycles. The third-order valence-corrected chi connectivity index (χ3v) is 5.16. The molecule has 1 fully saturated rings. The number of ketones is 1. The minimum Gasteiger partial charge on any atom is -0.508 e. The molecule has 0 saturated carbocycles. The summed E-state index contributed by atoms with van der Waals surface area (Å²) in [5.41, 5.74) is -0.0963. The van der Waals surface area contributed by atoms with Crippen molar-refractivity contribution in [2.24, 2.45) is 0 Å². The van der Waals surface area contributed by atoms with Crippen LogP contribution >= 0.6 is 0 Å². The molecule has 0 spiro atoms. The van der Waals surface area contributed by atoms with Gasteiger partial charge < -0.3 is 50.0 Å². The number of carbonyl (C=O) groups is 1. The quantitative estimate of drug-likeness (QED) is 0.312. The van der Waals surface area contributed by atoms with E-state index in [-0.39, 0.29) is 29.2 Å². The smallest absolute Gasteiger partial charge is 0.203 e. The fourth-order valence-corrected chi connectivity index (χ4v) is 3.54. The van der Waals surface area contributed by atoms with E-state index in [1.165, 1.54) is 6.07 Å². The van der Waals surface area contributed by atoms with Crippen LogP contribution in [0.2, 0.25) is 0 Å². The van der Waals surface area contributed by atoms with Crippen LogP contribution in [0.4, 0.5) is 0 Å². The number of aromatic hydroxyl groups is 4. The summed E-state index contributed by atoms with van der Waals surface area (Å²) in [6.45, 7) is -0.370. The molecular weight excluding hydrogens is 416 g/mol. The van der Waals surface area contributed by atoms with Crippen LogP contribution in [0.15, 0.2) is 30.3 Å². The molecule has 0 amide bonds. The zero-order chi connectivity index (χ0) is 22.4. The Bertz CT molecular complexity index is 1010. The molecule has 0 bridgehead atoms. The first-order valence-corrected chi connectivity index (χ1v) is 9.27. The Morgan fingerprint density at radius 1 is 0.903 bits per heavy atom. The lowest BCUT2D eigenvalue weighted by Crippen LogP contribution is -2.56. The summed E-state index contributed by atoms with van der Waals surface area (Å²) in [4.78, 5) is 13.2. The predicted octanol–water partition coefficient (Wildman–Crippen LogP) is -0.350. The molecule has 166 valence electrons. The van der Waals surface area contributed by atoms with Gasteiger partial charge in [0.15, 0.2) is 30.0 Å². The van der Waals surface area contributed by atoms with Crippen LogP contribution in [-0.4, -0.2) is 78.8 Å². The van der Waals surface area contributed by atoms with Gasteiger partial charge in [0.1, 0.15) is 41.1 Å². The van der Waals surface area contributed by atoms with Gasteiger partial charge in [-0.25, -0.2) is 0 Å². The van der Waals surface area contributed by atoms with Crippen molar-refractivity contribution in [1.82, 2.24) is 0 Å². The number of aliphatic hydroxyl groups excluding tert-OH is 3. The average Bonchev–Trinajstić information content (AvgIpc) is 2.71. The van der Waals surface area contributed by atoms with Gasteiger partial charge in [-0.2, -0.15) is 0 Å². The predicted molar refractivity (Wildman–Crippen MR) is 99.9 cm³/mol. The number of phenolic OH excluding ortho intramolecular Hbond substituents is 4. The lowest BCUT2D eigenvalue weighted by Gasteiger charge is -2.39. The van der Waals surface area contributed by atoms with Crippen molar-refractivity contribution in [3.63, 3.8) is 0 Å². The Hall–Kier alpha value is -3.09. The molecule has 0 aliphatic carbocycles. The van der Waals surface area contributed by atoms with Crippen molar-refractivity contribution < 1.29 is 54.8 Å². The molecule has 7 N–H and O–H groups in total. The molecule has 11 nitrogen and oxygen atoms in total. The number of Topliss-reactive ketones (excluding diaryl/α,β-unsaturated/α-hetero) is 1. The van der Waals surface area contributed by atoms with Gasteiger partial charge in [-0.15, -0.1) is 0 Å². The minimum absolute atomic E-state index is 0.152. The highest BCUT2D eigenvalue weighted by Gasteiger charge is 2.46. The molecule has 2 aliphatic heterocycles. The maximum absolute atomic E-state index is 13.2. The van der Waals surface area contributed by atoms with Crippen LogP contribution in [-0.2, 0) is 9.47 Å². The van der Waals surface area contributed by atoms with E-state index in [4.69, 9.17) is 14.2 Å². The fraction of sp³-hybridized carbons (Fsp3) is 0.350. The third kappa shape index (κ3) is 3.73. The van der Waals surface area contributed by atoms with Crippen LogP contribution in [0, 0.1) is 0 Å². The van der Waals surface area contributed by atoms with E-state index in [1.54, 1.807) is 0 Å². The molecule has 2 aliphatic rings. The van der Waals surface area contributed by atoms with Crippen molar-refractivity contribution in [3.05, 3.63) is 41.5 Å². The SMILES string of the molecule is O=C1c2c(O)cc(O)cc2O[C@@H](c2ccc(O)c(O)c2)[C@H]1O[C@@H]1OC[C@@H](O)[C@H](O)[C@H]1O. The van der Waals surface area contributed by atoms with E-state index in [0.29, 0.717) is 0 Å². The standard InChI is InChI=1S/C20H20O11/c21-8-4-11(24)14-13(5-8)30-18(7-1-2-9(22)10(23)3-7)19(16(14)27)31-20-17(28)15(26)12(25)6-29-20/h1-5,12,15,17-26,28H,6H2/t12-,15+,17-,18+,19+,20+/m1/s1. The van der Waals surface area contributed by atoms with E-state index in [0.717, 1.165) is 24.3 Å². The molecule has 0 aromatic heterocycles. The highest BCUT2D eigenvalue weighted by atomic mass is 16.7. The molecule has 0 unspecified atom stereocenters. The molecular formula is C20H20O11. The lowest BCUT2D eigenvalue weighted by molar-refractivity contribution is -0.283. The van der Waals surface area contributed by atoms with E-state index in [1.807, 2.05) is 0 Å². The Morgan fingerprint density at radius 2 is 1.65 bits per heavy atom. The Balaban J connectivity index is 1.74. The number of hydrogen-bond acceptors (Lipinski definition) is 11. The van der Waals surface area contributed by atoms with Crippen molar-refractivity contribution in [2.45, 2.75) is 36.8 Å². The van der Waals surface area contributed by atoms with Crippen molar-refractivity contribution in [2.75, 3.05) is 6.61 Å². The van der Waals surface area contributed by atoms with Crippen LogP contribution in [0.25, 0.3) is 0 Å². The first-order chi connectivity index (χ1) is 14.7. The van der Waals surface area contributed by atoms with Crippen molar-refractivity contribution >= 4 is 5.78 Å². The second-order valence-corrected chi connectivity index (χ2v) is 7.30. The summed E-state index contributed by atoms with van der Waals surface area (Å²) < 4.78 is 16.6. The van der Waals surface area contributed by atoms with Gasteiger partial charge in [-0.3, -0.25) is 4.79 Å². The van der Waals surface area contributed by atoms with Crippen molar-refractivity contribution in [3.8, 4) is 28.7 Å². The first kappa shape index (κ1) is 21.2. The van der Waals surface area contributed by atoms with Gasteiger partial charge >= 0.3 is 0 Å². The largest absolute Gasteiger partial charge is 0.508 e. The zero-order valence-corrected chi connectivity index (χ0v) is 15.8. The number of fused-ring (bicyclic) bond motifs is 1. The van der Waals surface area contributed by atoms with Crippen molar-refractivity contribution in [1.29, 1.82) is 0 Å². The number of phenols is 4. The normalized spacial score (nSPS) is 30.5. The zero-order valence-electron chi connectivity index (χ0n) is 15.8. The third-order valence-electron chi connectivity index (χ3n) is 5.16. The fourth-order valence-electron chi connectivity index (χ4n) is 3.54. The van der Waals surface area contributed by atoms with Gasteiger partial charge in [0.05, 0.1) is 6.61 Å². The summed E-state index contributed by atoms with van der Waals surface area (Å²) in [5.74, 6) is -2.78. The number of hydrogen-bond donors (Lipinski definition) is 7. The van der Waals surface area contributed by atoms with Gasteiger partial charge in [-0.1, -0.05) is 6.07 Å². The van der Waals surface area contributed by atoms with Gasteiger partial charge in [0.2, 0.25) is 5.78 Å². The first-order valence-electron chi connectivity index (χ1n) is 9.27. The Kier molecular flexibility index (Phi) is 5.37. The minimum atomic E-state index is -1.69. The molecule has 2 aromatic rings. The van der Waals surface area contributed by atoms with Gasteiger partial charge in [0, 0.05) is 12.1 Å². The topological polar surface area (TPSA) is 186 Å². The molecule has 2 heterocycles. The highest BCUT2D eigenvalue weighted by molar-refractivity contribution is 6.05. The molecule has 2 aromatic carbocycles. The molecule has 4 rings (SSSR count). The number of ether oxygens (including phenoxy) is 3. The number of rotatable bonds is 3. The maximum atomic E-state index is 13.2. The second-order valence-electron chi connectivity index (χ2n) is 7.30. The summed E-state index contributed by atoms with van der Waals surface area (Å²) in [6, 6.07) is 5.71. The lowest BCUT2D eigenvalue weighted by atomic mass is 9.92. The van der Waals surface area contributed by atoms with Gasteiger partial charge in [0.25, 0.3) is 0 Å². The number of aliphatic hydroxyl groups is 3. The maximum Gasteiger partial charge on any atom is 0.203 e. The van der Waals surface area contributed by atoms with Crippen LogP contribution < -0.4 is 4.74 Å². The van der Waals surface area contributed by atoms with E-state index in [9.17, 15) is 40.5 Å².